The lowest BCUT2D eigenvalue weighted by atomic mass is 10.2. The second-order valence-electron chi connectivity index (χ2n) is 6.09. The Labute approximate surface area is 152 Å². The van der Waals surface area contributed by atoms with Crippen molar-refractivity contribution in [3.63, 3.8) is 0 Å². The second kappa shape index (κ2) is 8.55. The number of benzene rings is 1. The molecule has 0 bridgehead atoms. The van der Waals surface area contributed by atoms with Crippen molar-refractivity contribution in [3.8, 4) is 17.3 Å². The van der Waals surface area contributed by atoms with E-state index >= 15 is 0 Å². The first-order chi connectivity index (χ1) is 12.6. The fourth-order valence-electron chi connectivity index (χ4n) is 2.32. The van der Waals surface area contributed by atoms with Crippen LogP contribution in [0.4, 0.5) is 0 Å². The van der Waals surface area contributed by atoms with Gasteiger partial charge < -0.3 is 19.7 Å². The third-order valence-corrected chi connectivity index (χ3v) is 3.53. The van der Waals surface area contributed by atoms with E-state index in [9.17, 15) is 0 Å². The molecule has 0 aliphatic rings. The molecule has 136 valence electrons. The quantitative estimate of drug-likeness (QED) is 0.664. The zero-order valence-corrected chi connectivity index (χ0v) is 14.8. The van der Waals surface area contributed by atoms with Crippen molar-refractivity contribution in [2.45, 2.75) is 32.6 Å². The minimum absolute atomic E-state index is 0.0105. The largest absolute Gasteiger partial charge is 0.474 e. The van der Waals surface area contributed by atoms with Crippen LogP contribution in [0.25, 0.3) is 11.4 Å². The summed E-state index contributed by atoms with van der Waals surface area (Å²) in [6, 6.07) is 13.0. The highest BCUT2D eigenvalue weighted by atomic mass is 16.5. The van der Waals surface area contributed by atoms with Crippen LogP contribution >= 0.6 is 0 Å². The van der Waals surface area contributed by atoms with Gasteiger partial charge in [-0.15, -0.1) is 0 Å². The summed E-state index contributed by atoms with van der Waals surface area (Å²) >= 11 is 0. The zero-order chi connectivity index (χ0) is 18.4. The molecule has 0 aliphatic heterocycles. The van der Waals surface area contributed by atoms with Crippen molar-refractivity contribution in [2.24, 2.45) is 5.73 Å². The lowest BCUT2D eigenvalue weighted by Gasteiger charge is -2.10. The number of hydrogen-bond acceptors (Lipinski definition) is 7. The lowest BCUT2D eigenvalue weighted by Crippen LogP contribution is -2.17. The molecule has 3 rings (SSSR count). The van der Waals surface area contributed by atoms with E-state index in [-0.39, 0.29) is 12.7 Å². The van der Waals surface area contributed by atoms with Gasteiger partial charge in [0, 0.05) is 6.20 Å². The summed E-state index contributed by atoms with van der Waals surface area (Å²) in [5, 5.41) is 4.00. The van der Waals surface area contributed by atoms with Crippen LogP contribution < -0.4 is 10.5 Å². The molecule has 3 aromatic rings. The molecule has 0 saturated heterocycles. The summed E-state index contributed by atoms with van der Waals surface area (Å²) < 4.78 is 16.6. The monoisotopic (exact) mass is 354 g/mol. The molecule has 0 saturated carbocycles. The van der Waals surface area contributed by atoms with E-state index in [0.717, 1.165) is 5.56 Å². The molecule has 7 nitrogen and oxygen atoms in total. The van der Waals surface area contributed by atoms with Crippen LogP contribution in [-0.2, 0) is 11.3 Å². The number of pyridine rings is 1. The smallest absolute Gasteiger partial charge is 0.246 e. The Morgan fingerprint density at radius 3 is 2.69 bits per heavy atom. The van der Waals surface area contributed by atoms with Gasteiger partial charge in [-0.2, -0.15) is 4.98 Å². The molecule has 1 aromatic carbocycles. The Morgan fingerprint density at radius 2 is 1.92 bits per heavy atom. The van der Waals surface area contributed by atoms with Gasteiger partial charge in [-0.3, -0.25) is 0 Å². The van der Waals surface area contributed by atoms with Gasteiger partial charge in [0.2, 0.25) is 17.6 Å². The average Bonchev–Trinajstić information content (AvgIpc) is 3.12. The van der Waals surface area contributed by atoms with Crippen LogP contribution in [0.3, 0.4) is 0 Å². The molecule has 26 heavy (non-hydrogen) atoms. The minimum atomic E-state index is -0.508. The Morgan fingerprint density at radius 1 is 1.12 bits per heavy atom. The Balaban J connectivity index is 1.64. The van der Waals surface area contributed by atoms with E-state index in [1.165, 1.54) is 0 Å². The molecule has 0 fully saturated rings. The highest BCUT2D eigenvalue weighted by molar-refractivity contribution is 5.60. The maximum Gasteiger partial charge on any atom is 0.246 e. The van der Waals surface area contributed by atoms with E-state index in [2.05, 4.69) is 15.1 Å². The summed E-state index contributed by atoms with van der Waals surface area (Å²) in [6.45, 7) is 4.61. The molecule has 0 radical (unpaired) electrons. The first-order valence-electron chi connectivity index (χ1n) is 8.46. The molecule has 2 aromatic heterocycles. The molecule has 2 heterocycles. The summed E-state index contributed by atoms with van der Waals surface area (Å²) in [7, 11) is 0. The van der Waals surface area contributed by atoms with Crippen LogP contribution in [-0.4, -0.2) is 27.8 Å². The van der Waals surface area contributed by atoms with Gasteiger partial charge in [0.05, 0.1) is 24.9 Å². The summed E-state index contributed by atoms with van der Waals surface area (Å²) in [5.74, 6) is 1.17. The Bertz CT molecular complexity index is 820. The first kappa shape index (κ1) is 18.0. The molecular weight excluding hydrogens is 332 g/mol. The normalized spacial score (nSPS) is 12.3. The summed E-state index contributed by atoms with van der Waals surface area (Å²) in [6.07, 6.45) is 1.65. The van der Waals surface area contributed by atoms with E-state index in [1.54, 1.807) is 12.3 Å². The number of nitrogens with two attached hydrogens (primary N) is 1. The Hall–Kier alpha value is -2.77. The first-order valence-corrected chi connectivity index (χ1v) is 8.46. The van der Waals surface area contributed by atoms with E-state index < -0.39 is 6.04 Å². The van der Waals surface area contributed by atoms with Crippen LogP contribution in [0, 0.1) is 0 Å². The third-order valence-electron chi connectivity index (χ3n) is 3.53. The molecule has 0 aliphatic carbocycles. The minimum Gasteiger partial charge on any atom is -0.474 e. The number of rotatable bonds is 8. The van der Waals surface area contributed by atoms with Gasteiger partial charge in [-0.05, 0) is 31.5 Å². The lowest BCUT2D eigenvalue weighted by molar-refractivity contribution is 0.0997. The Kier molecular flexibility index (Phi) is 5.93. The fraction of sp³-hybridized carbons (Fsp3) is 0.316. The van der Waals surface area contributed by atoms with E-state index in [0.29, 0.717) is 29.8 Å². The van der Waals surface area contributed by atoms with Crippen molar-refractivity contribution in [2.75, 3.05) is 6.61 Å². The van der Waals surface area contributed by atoms with Crippen molar-refractivity contribution in [1.82, 2.24) is 15.1 Å². The standard InChI is InChI=1S/C19H22N4O3/c1-13(2)25-18-15(9-6-10-21-18)17-22-19(26-23-17)16(20)12-24-11-14-7-4-3-5-8-14/h3-10,13,16H,11-12,20H2,1-2H3/t16-/m1/s1. The van der Waals surface area contributed by atoms with Gasteiger partial charge >= 0.3 is 0 Å². The molecular formula is C19H22N4O3. The van der Waals surface area contributed by atoms with E-state index in [4.69, 9.17) is 19.7 Å². The molecule has 2 N–H and O–H groups in total. The number of hydrogen-bond donors (Lipinski definition) is 1. The van der Waals surface area contributed by atoms with Crippen LogP contribution in [0.15, 0.2) is 53.2 Å². The molecule has 1 atom stereocenters. The average molecular weight is 354 g/mol. The zero-order valence-electron chi connectivity index (χ0n) is 14.8. The maximum absolute atomic E-state index is 6.10. The van der Waals surface area contributed by atoms with Crippen LogP contribution in [0.2, 0.25) is 0 Å². The topological polar surface area (TPSA) is 96.3 Å². The number of aromatic nitrogens is 3. The van der Waals surface area contributed by atoms with Gasteiger partial charge in [0.25, 0.3) is 0 Å². The van der Waals surface area contributed by atoms with Gasteiger partial charge in [0.15, 0.2) is 0 Å². The molecule has 0 amide bonds. The molecule has 0 unspecified atom stereocenters. The van der Waals surface area contributed by atoms with Crippen molar-refractivity contribution in [1.29, 1.82) is 0 Å². The maximum atomic E-state index is 6.10. The molecule has 0 spiro atoms. The van der Waals surface area contributed by atoms with Crippen LogP contribution in [0.5, 0.6) is 5.88 Å². The predicted octanol–water partition coefficient (Wildman–Crippen LogP) is 3.14. The molecule has 7 heteroatoms. The second-order valence-corrected chi connectivity index (χ2v) is 6.09. The van der Waals surface area contributed by atoms with Crippen molar-refractivity contribution < 1.29 is 14.0 Å². The highest BCUT2D eigenvalue weighted by Gasteiger charge is 2.19. The predicted molar refractivity (Wildman–Crippen MR) is 96.3 cm³/mol. The summed E-state index contributed by atoms with van der Waals surface area (Å²) in [5.41, 5.74) is 7.84. The van der Waals surface area contributed by atoms with Crippen molar-refractivity contribution in [3.05, 3.63) is 60.1 Å². The van der Waals surface area contributed by atoms with Crippen molar-refractivity contribution >= 4 is 0 Å². The highest BCUT2D eigenvalue weighted by Crippen LogP contribution is 2.26. The SMILES string of the molecule is CC(C)Oc1ncccc1-c1noc([C@H](N)COCc2ccccc2)n1. The van der Waals surface area contributed by atoms with E-state index in [1.807, 2.05) is 50.2 Å². The fourth-order valence-corrected chi connectivity index (χ4v) is 2.32. The third kappa shape index (κ3) is 4.65. The van der Waals surface area contributed by atoms with Gasteiger partial charge in [-0.1, -0.05) is 35.5 Å². The number of nitrogens with zero attached hydrogens (tertiary/aromatic N) is 3. The van der Waals surface area contributed by atoms with Crippen LogP contribution in [0.1, 0.15) is 31.3 Å². The number of ether oxygens (including phenoxy) is 2. The van der Waals surface area contributed by atoms with Gasteiger partial charge in [-0.25, -0.2) is 4.98 Å². The summed E-state index contributed by atoms with van der Waals surface area (Å²) in [4.78, 5) is 8.60. The van der Waals surface area contributed by atoms with Gasteiger partial charge in [0.1, 0.15) is 6.04 Å².